The van der Waals surface area contributed by atoms with Gasteiger partial charge in [0.1, 0.15) is 6.33 Å². The second-order valence-corrected chi connectivity index (χ2v) is 6.33. The van der Waals surface area contributed by atoms with Gasteiger partial charge in [-0.25, -0.2) is 15.0 Å². The number of sulfonamides is 1. The molecule has 22 heavy (non-hydrogen) atoms. The minimum atomic E-state index is -3.83. The molecular weight excluding hydrogens is 326 g/mol. The highest BCUT2D eigenvalue weighted by Crippen LogP contribution is 2.19. The molecule has 2 heterocycles. The maximum Gasteiger partial charge on any atom is 0.279 e. The summed E-state index contributed by atoms with van der Waals surface area (Å²) in [5, 5.41) is 0.458. The van der Waals surface area contributed by atoms with Crippen LogP contribution in [0.4, 0.5) is 5.69 Å². The van der Waals surface area contributed by atoms with Crippen LogP contribution < -0.4 is 4.72 Å². The monoisotopic (exact) mass is 335 g/mol. The van der Waals surface area contributed by atoms with E-state index in [-0.39, 0.29) is 11.0 Å². The van der Waals surface area contributed by atoms with Crippen LogP contribution in [0.2, 0.25) is 5.02 Å². The van der Waals surface area contributed by atoms with Gasteiger partial charge in [0.25, 0.3) is 10.0 Å². The number of benzene rings is 1. The van der Waals surface area contributed by atoms with E-state index in [4.69, 9.17) is 11.6 Å². The Hall–Kier alpha value is -2.45. The molecule has 0 amide bonds. The number of anilines is 1. The molecule has 112 valence electrons. The lowest BCUT2D eigenvalue weighted by molar-refractivity contribution is 0.593. The molecule has 0 fully saturated rings. The van der Waals surface area contributed by atoms with Crippen molar-refractivity contribution in [2.45, 2.75) is 5.03 Å². The molecule has 0 aliphatic rings. The molecule has 0 bridgehead atoms. The molecule has 0 radical (unpaired) electrons. The molecule has 0 saturated carbocycles. The summed E-state index contributed by atoms with van der Waals surface area (Å²) < 4.78 is 28.7. The van der Waals surface area contributed by atoms with E-state index in [0.717, 1.165) is 0 Å². The third-order valence-corrected chi connectivity index (χ3v) is 4.35. The predicted molar refractivity (Wildman–Crippen MR) is 81.4 cm³/mol. The standard InChI is InChI=1S/C13H10ClN5O2S/c14-10-2-4-11(5-3-10)18-22(20,21)12-8-15-9-19(12)13-16-6-1-7-17-13/h1-9,18H. The van der Waals surface area contributed by atoms with Crippen molar-refractivity contribution in [2.24, 2.45) is 0 Å². The summed E-state index contributed by atoms with van der Waals surface area (Å²) in [7, 11) is -3.83. The number of hydrogen-bond donors (Lipinski definition) is 1. The first kappa shape index (κ1) is 14.5. The van der Waals surface area contributed by atoms with Crippen LogP contribution in [0.1, 0.15) is 0 Å². The van der Waals surface area contributed by atoms with Crippen LogP contribution in [0, 0.1) is 0 Å². The highest BCUT2D eigenvalue weighted by Gasteiger charge is 2.21. The number of nitrogens with zero attached hydrogens (tertiary/aromatic N) is 4. The predicted octanol–water partition coefficient (Wildman–Crippen LogP) is 2.12. The van der Waals surface area contributed by atoms with Gasteiger partial charge < -0.3 is 0 Å². The van der Waals surface area contributed by atoms with E-state index in [0.29, 0.717) is 10.7 Å². The van der Waals surface area contributed by atoms with Gasteiger partial charge in [-0.1, -0.05) is 11.6 Å². The summed E-state index contributed by atoms with van der Waals surface area (Å²) in [6.07, 6.45) is 5.61. The molecule has 0 unspecified atom stereocenters. The highest BCUT2D eigenvalue weighted by atomic mass is 35.5. The summed E-state index contributed by atoms with van der Waals surface area (Å²) in [6, 6.07) is 7.97. The molecule has 0 spiro atoms. The van der Waals surface area contributed by atoms with Crippen LogP contribution in [0.15, 0.2) is 60.3 Å². The Bertz CT molecular complexity index is 878. The molecule has 0 saturated heterocycles. The lowest BCUT2D eigenvalue weighted by Crippen LogP contribution is -2.17. The minimum Gasteiger partial charge on any atom is -0.278 e. The summed E-state index contributed by atoms with van der Waals surface area (Å²) in [4.78, 5) is 11.9. The van der Waals surface area contributed by atoms with Crippen molar-refractivity contribution in [2.75, 3.05) is 4.72 Å². The molecule has 0 aliphatic carbocycles. The Balaban J connectivity index is 1.97. The van der Waals surface area contributed by atoms with Crippen molar-refractivity contribution in [1.82, 2.24) is 19.5 Å². The van der Waals surface area contributed by atoms with Crippen LogP contribution in [0.5, 0.6) is 0 Å². The van der Waals surface area contributed by atoms with E-state index in [2.05, 4.69) is 19.7 Å². The van der Waals surface area contributed by atoms with E-state index in [1.54, 1.807) is 30.3 Å². The molecule has 9 heteroatoms. The van der Waals surface area contributed by atoms with Crippen LogP contribution >= 0.6 is 11.6 Å². The SMILES string of the molecule is O=S(=O)(Nc1ccc(Cl)cc1)c1cncn1-c1ncccn1. The quantitative estimate of drug-likeness (QED) is 0.788. The zero-order chi connectivity index (χ0) is 15.6. The van der Waals surface area contributed by atoms with Gasteiger partial charge in [0.05, 0.1) is 6.20 Å². The van der Waals surface area contributed by atoms with Gasteiger partial charge in [-0.2, -0.15) is 8.42 Å². The van der Waals surface area contributed by atoms with E-state index >= 15 is 0 Å². The zero-order valence-corrected chi connectivity index (χ0v) is 12.7. The first-order chi connectivity index (χ1) is 10.6. The zero-order valence-electron chi connectivity index (χ0n) is 11.1. The molecule has 3 aromatic rings. The Kier molecular flexibility index (Phi) is 3.78. The van der Waals surface area contributed by atoms with Crippen LogP contribution in [-0.4, -0.2) is 27.9 Å². The Morgan fingerprint density at radius 2 is 1.77 bits per heavy atom. The summed E-state index contributed by atoms with van der Waals surface area (Å²) in [5.41, 5.74) is 0.395. The van der Waals surface area contributed by atoms with Crippen molar-refractivity contribution in [3.05, 3.63) is 60.3 Å². The third-order valence-electron chi connectivity index (χ3n) is 2.74. The Morgan fingerprint density at radius 1 is 1.09 bits per heavy atom. The van der Waals surface area contributed by atoms with Crippen molar-refractivity contribution in [3.8, 4) is 5.95 Å². The molecule has 0 aliphatic heterocycles. The molecule has 1 N–H and O–H groups in total. The highest BCUT2D eigenvalue weighted by molar-refractivity contribution is 7.92. The number of imidazole rings is 1. The van der Waals surface area contributed by atoms with Gasteiger partial charge in [0, 0.05) is 23.1 Å². The topological polar surface area (TPSA) is 89.8 Å². The number of rotatable bonds is 4. The lowest BCUT2D eigenvalue weighted by atomic mass is 10.3. The second-order valence-electron chi connectivity index (χ2n) is 4.26. The number of halogens is 1. The lowest BCUT2D eigenvalue weighted by Gasteiger charge is -2.09. The van der Waals surface area contributed by atoms with Crippen LogP contribution in [0.25, 0.3) is 5.95 Å². The van der Waals surface area contributed by atoms with Gasteiger partial charge in [-0.15, -0.1) is 0 Å². The average molecular weight is 336 g/mol. The maximum absolute atomic E-state index is 12.5. The van der Waals surface area contributed by atoms with E-state index in [1.165, 1.54) is 29.5 Å². The molecule has 3 rings (SSSR count). The fourth-order valence-corrected chi connectivity index (χ4v) is 3.04. The first-order valence-corrected chi connectivity index (χ1v) is 8.00. The number of nitrogens with one attached hydrogen (secondary N) is 1. The van der Waals surface area contributed by atoms with Gasteiger partial charge >= 0.3 is 0 Å². The first-order valence-electron chi connectivity index (χ1n) is 6.14. The largest absolute Gasteiger partial charge is 0.279 e. The maximum atomic E-state index is 12.5. The van der Waals surface area contributed by atoms with Crippen molar-refractivity contribution < 1.29 is 8.42 Å². The molecule has 2 aromatic heterocycles. The van der Waals surface area contributed by atoms with E-state index in [1.807, 2.05) is 0 Å². The molecule has 0 atom stereocenters. The summed E-state index contributed by atoms with van der Waals surface area (Å²) >= 11 is 5.78. The molecule has 1 aromatic carbocycles. The third kappa shape index (κ3) is 2.92. The summed E-state index contributed by atoms with van der Waals surface area (Å²) in [5.74, 6) is 0.219. The van der Waals surface area contributed by atoms with Gasteiger partial charge in [-0.3, -0.25) is 9.29 Å². The fourth-order valence-electron chi connectivity index (χ4n) is 1.77. The van der Waals surface area contributed by atoms with Gasteiger partial charge in [-0.05, 0) is 30.3 Å². The molecular formula is C13H10ClN5O2S. The van der Waals surface area contributed by atoms with Crippen molar-refractivity contribution in [3.63, 3.8) is 0 Å². The Labute approximate surface area is 131 Å². The average Bonchev–Trinajstić information content (AvgIpc) is 3.01. The second kappa shape index (κ2) is 5.74. The fraction of sp³-hybridized carbons (Fsp3) is 0. The van der Waals surface area contributed by atoms with E-state index in [9.17, 15) is 8.42 Å². The number of aromatic nitrogens is 4. The van der Waals surface area contributed by atoms with Crippen molar-refractivity contribution >= 4 is 27.3 Å². The van der Waals surface area contributed by atoms with Crippen LogP contribution in [-0.2, 0) is 10.0 Å². The minimum absolute atomic E-state index is 0.0614. The normalized spacial score (nSPS) is 11.3. The molecule has 7 nitrogen and oxygen atoms in total. The number of hydrogen-bond acceptors (Lipinski definition) is 5. The van der Waals surface area contributed by atoms with Crippen LogP contribution in [0.3, 0.4) is 0 Å². The van der Waals surface area contributed by atoms with Gasteiger partial charge in [0.15, 0.2) is 5.03 Å². The van der Waals surface area contributed by atoms with Gasteiger partial charge in [0.2, 0.25) is 5.95 Å². The van der Waals surface area contributed by atoms with E-state index < -0.39 is 10.0 Å². The van der Waals surface area contributed by atoms with Crippen molar-refractivity contribution in [1.29, 1.82) is 0 Å². The summed E-state index contributed by atoms with van der Waals surface area (Å²) in [6.45, 7) is 0. The smallest absolute Gasteiger partial charge is 0.278 e. The Morgan fingerprint density at radius 3 is 2.45 bits per heavy atom.